The minimum absolute atomic E-state index is 0.0966. The van der Waals surface area contributed by atoms with Crippen molar-refractivity contribution in [3.63, 3.8) is 0 Å². The van der Waals surface area contributed by atoms with Crippen molar-refractivity contribution >= 4 is 22.8 Å². The van der Waals surface area contributed by atoms with Crippen molar-refractivity contribution in [1.29, 1.82) is 0 Å². The third-order valence-corrected chi connectivity index (χ3v) is 5.34. The van der Waals surface area contributed by atoms with Gasteiger partial charge < -0.3 is 14.4 Å². The number of rotatable bonds is 4. The Labute approximate surface area is 174 Å². The molecule has 0 N–H and O–H groups in total. The third-order valence-electron chi connectivity index (χ3n) is 5.34. The molecule has 7 heteroatoms. The van der Waals surface area contributed by atoms with Crippen LogP contribution in [0.1, 0.15) is 24.2 Å². The van der Waals surface area contributed by atoms with Crippen LogP contribution >= 0.6 is 0 Å². The number of para-hydroxylation sites is 2. The van der Waals surface area contributed by atoms with Crippen LogP contribution in [-0.4, -0.2) is 46.5 Å². The Morgan fingerprint density at radius 2 is 1.70 bits per heavy atom. The van der Waals surface area contributed by atoms with Gasteiger partial charge >= 0.3 is 0 Å². The Morgan fingerprint density at radius 3 is 2.37 bits per heavy atom. The molecule has 30 heavy (non-hydrogen) atoms. The molecule has 0 unspecified atom stereocenters. The summed E-state index contributed by atoms with van der Waals surface area (Å²) in [7, 11) is 0. The van der Waals surface area contributed by atoms with Crippen molar-refractivity contribution in [2.75, 3.05) is 31.1 Å². The van der Waals surface area contributed by atoms with E-state index in [-0.39, 0.29) is 17.3 Å². The van der Waals surface area contributed by atoms with E-state index in [1.165, 1.54) is 24.3 Å². The van der Waals surface area contributed by atoms with Crippen LogP contribution in [0, 0.1) is 11.7 Å². The Morgan fingerprint density at radius 1 is 1.03 bits per heavy atom. The van der Waals surface area contributed by atoms with Gasteiger partial charge in [-0.3, -0.25) is 9.59 Å². The summed E-state index contributed by atoms with van der Waals surface area (Å²) in [6.45, 7) is 6.80. The van der Waals surface area contributed by atoms with Crippen molar-refractivity contribution < 1.29 is 9.18 Å². The van der Waals surface area contributed by atoms with Crippen molar-refractivity contribution in [3.8, 4) is 0 Å². The molecular weight excluding hydrogens is 383 g/mol. The number of amides is 1. The summed E-state index contributed by atoms with van der Waals surface area (Å²) in [5.41, 5.74) is 2.00. The van der Waals surface area contributed by atoms with E-state index in [0.717, 1.165) is 11.0 Å². The van der Waals surface area contributed by atoms with E-state index in [0.29, 0.717) is 50.0 Å². The number of hydrogen-bond donors (Lipinski definition) is 0. The number of halogens is 1. The fourth-order valence-corrected chi connectivity index (χ4v) is 3.83. The molecule has 0 bridgehead atoms. The van der Waals surface area contributed by atoms with Crippen molar-refractivity contribution in [3.05, 3.63) is 70.3 Å². The van der Waals surface area contributed by atoms with Gasteiger partial charge in [-0.05, 0) is 42.3 Å². The van der Waals surface area contributed by atoms with Gasteiger partial charge in [-0.15, -0.1) is 0 Å². The topological polar surface area (TPSA) is 58.4 Å². The van der Waals surface area contributed by atoms with Crippen LogP contribution in [0.3, 0.4) is 0 Å². The SMILES string of the molecule is CC(C)Cn1c(=O)c(N2CCN(C(=O)c3ccc(F)cc3)CC2)nc2ccccc21. The average molecular weight is 408 g/mol. The number of fused-ring (bicyclic) bond motifs is 1. The molecular formula is C23H25FN4O2. The molecule has 0 saturated carbocycles. The minimum atomic E-state index is -0.364. The second-order valence-electron chi connectivity index (χ2n) is 8.02. The summed E-state index contributed by atoms with van der Waals surface area (Å²) in [5, 5.41) is 0. The monoisotopic (exact) mass is 408 g/mol. The zero-order valence-corrected chi connectivity index (χ0v) is 17.2. The molecule has 0 radical (unpaired) electrons. The molecule has 0 spiro atoms. The molecule has 0 atom stereocenters. The van der Waals surface area contributed by atoms with E-state index >= 15 is 0 Å². The lowest BCUT2D eigenvalue weighted by atomic mass is 10.1. The van der Waals surface area contributed by atoms with Crippen molar-refractivity contribution in [2.45, 2.75) is 20.4 Å². The van der Waals surface area contributed by atoms with E-state index in [9.17, 15) is 14.0 Å². The lowest BCUT2D eigenvalue weighted by Crippen LogP contribution is -2.50. The average Bonchev–Trinajstić information content (AvgIpc) is 2.75. The zero-order chi connectivity index (χ0) is 21.3. The lowest BCUT2D eigenvalue weighted by Gasteiger charge is -2.35. The van der Waals surface area contributed by atoms with Gasteiger partial charge in [0.05, 0.1) is 11.0 Å². The molecule has 1 amide bonds. The van der Waals surface area contributed by atoms with Gasteiger partial charge in [0, 0.05) is 38.3 Å². The molecule has 1 aliphatic rings. The fourth-order valence-electron chi connectivity index (χ4n) is 3.83. The molecule has 1 saturated heterocycles. The Kier molecular flexibility index (Phi) is 5.53. The van der Waals surface area contributed by atoms with Gasteiger partial charge in [0.2, 0.25) is 0 Å². The van der Waals surface area contributed by atoms with E-state index in [2.05, 4.69) is 18.8 Å². The van der Waals surface area contributed by atoms with Crippen LogP contribution in [0.4, 0.5) is 10.2 Å². The molecule has 1 aromatic heterocycles. The Balaban J connectivity index is 1.57. The highest BCUT2D eigenvalue weighted by atomic mass is 19.1. The summed E-state index contributed by atoms with van der Waals surface area (Å²) < 4.78 is 14.9. The first-order chi connectivity index (χ1) is 14.4. The second kappa shape index (κ2) is 8.26. The van der Waals surface area contributed by atoms with Crippen LogP contribution in [0.2, 0.25) is 0 Å². The lowest BCUT2D eigenvalue weighted by molar-refractivity contribution is 0.0746. The van der Waals surface area contributed by atoms with Crippen molar-refractivity contribution in [1.82, 2.24) is 14.5 Å². The van der Waals surface area contributed by atoms with Crippen LogP contribution in [0.15, 0.2) is 53.3 Å². The maximum Gasteiger partial charge on any atom is 0.294 e. The number of anilines is 1. The van der Waals surface area contributed by atoms with Crippen LogP contribution in [0.5, 0.6) is 0 Å². The highest BCUT2D eigenvalue weighted by Crippen LogP contribution is 2.18. The Bertz CT molecular complexity index is 1120. The quantitative estimate of drug-likeness (QED) is 0.666. The summed E-state index contributed by atoms with van der Waals surface area (Å²) in [6, 6.07) is 13.3. The summed E-state index contributed by atoms with van der Waals surface area (Å²) in [4.78, 5) is 34.2. The summed E-state index contributed by atoms with van der Waals surface area (Å²) >= 11 is 0. The molecule has 1 aliphatic heterocycles. The van der Waals surface area contributed by atoms with Gasteiger partial charge in [-0.1, -0.05) is 26.0 Å². The first-order valence-electron chi connectivity index (χ1n) is 10.2. The van der Waals surface area contributed by atoms with Gasteiger partial charge in [-0.25, -0.2) is 9.37 Å². The molecule has 3 aromatic rings. The third kappa shape index (κ3) is 3.92. The van der Waals surface area contributed by atoms with Gasteiger partial charge in [-0.2, -0.15) is 0 Å². The molecule has 156 valence electrons. The van der Waals surface area contributed by atoms with E-state index in [4.69, 9.17) is 0 Å². The number of benzene rings is 2. The normalized spacial score (nSPS) is 14.5. The molecule has 2 aromatic carbocycles. The molecule has 1 fully saturated rings. The number of piperazine rings is 1. The highest BCUT2D eigenvalue weighted by Gasteiger charge is 2.25. The fraction of sp³-hybridized carbons (Fsp3) is 0.348. The number of carbonyl (C=O) groups is 1. The predicted molar refractivity (Wildman–Crippen MR) is 115 cm³/mol. The second-order valence-corrected chi connectivity index (χ2v) is 8.02. The Hall–Kier alpha value is -3.22. The van der Waals surface area contributed by atoms with E-state index in [1.54, 1.807) is 9.47 Å². The largest absolute Gasteiger partial charge is 0.348 e. The van der Waals surface area contributed by atoms with Crippen LogP contribution < -0.4 is 10.5 Å². The maximum atomic E-state index is 13.2. The smallest absolute Gasteiger partial charge is 0.294 e. The summed E-state index contributed by atoms with van der Waals surface area (Å²) in [5.74, 6) is 0.268. The molecule has 4 rings (SSSR count). The van der Waals surface area contributed by atoms with E-state index in [1.807, 2.05) is 29.2 Å². The number of hydrogen-bond acceptors (Lipinski definition) is 4. The maximum absolute atomic E-state index is 13.2. The highest BCUT2D eigenvalue weighted by molar-refractivity contribution is 5.94. The predicted octanol–water partition coefficient (Wildman–Crippen LogP) is 3.15. The van der Waals surface area contributed by atoms with E-state index < -0.39 is 0 Å². The van der Waals surface area contributed by atoms with Gasteiger partial charge in [0.1, 0.15) is 5.82 Å². The van der Waals surface area contributed by atoms with Crippen LogP contribution in [0.25, 0.3) is 11.0 Å². The molecule has 0 aliphatic carbocycles. The molecule has 2 heterocycles. The van der Waals surface area contributed by atoms with Crippen molar-refractivity contribution in [2.24, 2.45) is 5.92 Å². The number of nitrogens with zero attached hydrogens (tertiary/aromatic N) is 4. The van der Waals surface area contributed by atoms with Gasteiger partial charge in [0.25, 0.3) is 11.5 Å². The molecule has 6 nitrogen and oxygen atoms in total. The number of aromatic nitrogens is 2. The standard InChI is InChI=1S/C23H25FN4O2/c1-16(2)15-28-20-6-4-3-5-19(20)25-21(23(28)30)26-11-13-27(14-12-26)22(29)17-7-9-18(24)10-8-17/h3-10,16H,11-15H2,1-2H3. The van der Waals surface area contributed by atoms with Crippen LogP contribution in [-0.2, 0) is 6.54 Å². The zero-order valence-electron chi connectivity index (χ0n) is 17.2. The number of carbonyl (C=O) groups excluding carboxylic acids is 1. The minimum Gasteiger partial charge on any atom is -0.348 e. The summed E-state index contributed by atoms with van der Waals surface area (Å²) in [6.07, 6.45) is 0. The van der Waals surface area contributed by atoms with Gasteiger partial charge in [0.15, 0.2) is 5.82 Å². The first kappa shape index (κ1) is 20.1. The first-order valence-corrected chi connectivity index (χ1v) is 10.2.